The topological polar surface area (TPSA) is 123 Å². The quantitative estimate of drug-likeness (QED) is 0.389. The van der Waals surface area contributed by atoms with E-state index in [0.717, 1.165) is 22.6 Å². The Morgan fingerprint density at radius 2 is 1.82 bits per heavy atom. The molecule has 0 radical (unpaired) electrons. The van der Waals surface area contributed by atoms with Gasteiger partial charge in [-0.15, -0.1) is 0 Å². The molecule has 3 aromatic carbocycles. The van der Waals surface area contributed by atoms with Crippen LogP contribution in [0.25, 0.3) is 0 Å². The van der Waals surface area contributed by atoms with Gasteiger partial charge >= 0.3 is 5.97 Å². The monoisotopic (exact) mass is 526 g/mol. The molecule has 0 fully saturated rings. The summed E-state index contributed by atoms with van der Waals surface area (Å²) in [5.41, 5.74) is 11.2. The minimum atomic E-state index is -0.916. The Bertz CT molecular complexity index is 1430. The van der Waals surface area contributed by atoms with Crippen LogP contribution in [0.3, 0.4) is 0 Å². The number of esters is 1. The van der Waals surface area contributed by atoms with Gasteiger partial charge in [0.25, 0.3) is 5.91 Å². The molecule has 3 N–H and O–H groups in total. The summed E-state index contributed by atoms with van der Waals surface area (Å²) in [6, 6.07) is 20.7. The first-order valence-corrected chi connectivity index (χ1v) is 12.8. The number of hydrogen-bond donors (Lipinski definition) is 2. The fraction of sp³-hybridized carbons (Fsp3) is 0.267. The van der Waals surface area contributed by atoms with Crippen LogP contribution in [0.4, 0.5) is 5.69 Å². The smallest absolute Gasteiger partial charge is 0.305 e. The number of nitrogens with two attached hydrogens (primary N) is 1. The molecule has 0 spiro atoms. The Morgan fingerprint density at radius 1 is 1.05 bits per heavy atom. The lowest BCUT2D eigenvalue weighted by Crippen LogP contribution is -2.45. The molecule has 3 aromatic rings. The summed E-state index contributed by atoms with van der Waals surface area (Å²) >= 11 is 0. The van der Waals surface area contributed by atoms with Crippen LogP contribution in [-0.4, -0.2) is 41.7 Å². The number of fused-ring (bicyclic) bond motifs is 2. The number of amides is 2. The van der Waals surface area contributed by atoms with Crippen molar-refractivity contribution in [1.82, 2.24) is 4.90 Å². The molecule has 0 aromatic heterocycles. The van der Waals surface area contributed by atoms with E-state index < -0.39 is 17.9 Å². The first-order chi connectivity index (χ1) is 18.9. The van der Waals surface area contributed by atoms with E-state index in [4.69, 9.17) is 10.5 Å². The van der Waals surface area contributed by atoms with Gasteiger partial charge in [-0.25, -0.2) is 0 Å². The standard InChI is InChI=1S/C30H30N4O5/c1-38-28(35)14-13-25(29(31)36)34-17-23-22(30(34)37)6-4-8-26(23)39-18-20-11-9-19(10-12-20)15-27-32-16-21-5-2-3-7-24(21)33-27/h2-12,25H,13-18H2,1H3,(H2,31,36)(H,32,33). The van der Waals surface area contributed by atoms with E-state index in [9.17, 15) is 14.4 Å². The van der Waals surface area contributed by atoms with E-state index in [1.54, 1.807) is 12.1 Å². The van der Waals surface area contributed by atoms with Gasteiger partial charge in [0.2, 0.25) is 5.91 Å². The third-order valence-electron chi connectivity index (χ3n) is 7.03. The molecule has 1 unspecified atom stereocenters. The lowest BCUT2D eigenvalue weighted by Gasteiger charge is -2.24. The van der Waals surface area contributed by atoms with Gasteiger partial charge in [-0.3, -0.25) is 19.4 Å². The maximum Gasteiger partial charge on any atom is 0.305 e. The third-order valence-corrected chi connectivity index (χ3v) is 7.03. The summed E-state index contributed by atoms with van der Waals surface area (Å²) in [4.78, 5) is 42.8. The van der Waals surface area contributed by atoms with Crippen molar-refractivity contribution in [1.29, 1.82) is 0 Å². The summed E-state index contributed by atoms with van der Waals surface area (Å²) in [5.74, 6) is 0.0704. The van der Waals surface area contributed by atoms with Crippen molar-refractivity contribution >= 4 is 29.3 Å². The zero-order valence-electron chi connectivity index (χ0n) is 21.7. The Morgan fingerprint density at radius 3 is 2.59 bits per heavy atom. The number of aliphatic imine (C=N–C) groups is 1. The molecule has 9 heteroatoms. The van der Waals surface area contributed by atoms with E-state index in [1.165, 1.54) is 17.6 Å². The second-order valence-corrected chi connectivity index (χ2v) is 9.58. The van der Waals surface area contributed by atoms with Crippen LogP contribution in [0, 0.1) is 0 Å². The molecule has 1 atom stereocenters. The zero-order chi connectivity index (χ0) is 27.4. The number of anilines is 1. The Hall–Kier alpha value is -4.66. The highest BCUT2D eigenvalue weighted by molar-refractivity contribution is 6.01. The highest BCUT2D eigenvalue weighted by Gasteiger charge is 2.37. The number of para-hydroxylation sites is 1. The number of carbonyl (C=O) groups excluding carboxylic acids is 3. The van der Waals surface area contributed by atoms with Gasteiger partial charge in [0.1, 0.15) is 24.2 Å². The SMILES string of the molecule is COC(=O)CCC(C(N)=O)N1Cc2c(OCc3ccc(CC4=NCc5ccccc5N4)cc3)cccc2C1=O. The summed E-state index contributed by atoms with van der Waals surface area (Å²) in [5, 5.41) is 3.41. The molecule has 200 valence electrons. The van der Waals surface area contributed by atoms with Crippen molar-refractivity contribution in [2.45, 2.75) is 45.0 Å². The first-order valence-electron chi connectivity index (χ1n) is 12.8. The molecule has 9 nitrogen and oxygen atoms in total. The Kier molecular flexibility index (Phi) is 7.58. The largest absolute Gasteiger partial charge is 0.489 e. The molecule has 2 aliphatic heterocycles. The average molecular weight is 527 g/mol. The highest BCUT2D eigenvalue weighted by Crippen LogP contribution is 2.33. The number of ether oxygens (including phenoxy) is 2. The predicted octanol–water partition coefficient (Wildman–Crippen LogP) is 3.60. The van der Waals surface area contributed by atoms with E-state index in [1.807, 2.05) is 30.3 Å². The van der Waals surface area contributed by atoms with Gasteiger partial charge < -0.3 is 25.4 Å². The van der Waals surface area contributed by atoms with Crippen LogP contribution < -0.4 is 15.8 Å². The van der Waals surface area contributed by atoms with Gasteiger partial charge in [0.05, 0.1) is 20.2 Å². The molecular weight excluding hydrogens is 496 g/mol. The molecule has 0 saturated carbocycles. The molecule has 2 heterocycles. The van der Waals surface area contributed by atoms with Crippen LogP contribution in [0.1, 0.15) is 45.5 Å². The summed E-state index contributed by atoms with van der Waals surface area (Å²) in [7, 11) is 1.28. The van der Waals surface area contributed by atoms with Crippen LogP contribution in [0.5, 0.6) is 5.75 Å². The molecule has 2 aliphatic rings. The van der Waals surface area contributed by atoms with Gasteiger partial charge in [-0.1, -0.05) is 48.5 Å². The number of nitrogens with one attached hydrogen (secondary N) is 1. The van der Waals surface area contributed by atoms with Crippen LogP contribution >= 0.6 is 0 Å². The lowest BCUT2D eigenvalue weighted by atomic mass is 10.1. The fourth-order valence-electron chi connectivity index (χ4n) is 4.88. The van der Waals surface area contributed by atoms with Crippen molar-refractivity contribution in [2.24, 2.45) is 10.7 Å². The number of amidine groups is 1. The number of hydrogen-bond acceptors (Lipinski definition) is 7. The Balaban J connectivity index is 1.21. The van der Waals surface area contributed by atoms with E-state index in [2.05, 4.69) is 39.3 Å². The minimum Gasteiger partial charge on any atom is -0.489 e. The molecule has 0 aliphatic carbocycles. The minimum absolute atomic E-state index is 0.0136. The molecule has 0 bridgehead atoms. The van der Waals surface area contributed by atoms with E-state index in [0.29, 0.717) is 36.4 Å². The van der Waals surface area contributed by atoms with Crippen molar-refractivity contribution in [2.75, 3.05) is 12.4 Å². The molecular formula is C30H30N4O5. The number of nitrogens with zero attached hydrogens (tertiary/aromatic N) is 2. The van der Waals surface area contributed by atoms with E-state index >= 15 is 0 Å². The van der Waals surface area contributed by atoms with Crippen molar-refractivity contribution < 1.29 is 23.9 Å². The van der Waals surface area contributed by atoms with Crippen LogP contribution in [0.15, 0.2) is 71.7 Å². The lowest BCUT2D eigenvalue weighted by molar-refractivity contribution is -0.141. The molecule has 5 rings (SSSR count). The highest BCUT2D eigenvalue weighted by atomic mass is 16.5. The van der Waals surface area contributed by atoms with Gasteiger partial charge in [-0.2, -0.15) is 0 Å². The first kappa shape index (κ1) is 26.0. The number of benzene rings is 3. The maximum absolute atomic E-state index is 13.1. The second kappa shape index (κ2) is 11.4. The molecule has 2 amide bonds. The number of methoxy groups -OCH3 is 1. The number of carbonyl (C=O) groups is 3. The summed E-state index contributed by atoms with van der Waals surface area (Å²) in [6.07, 6.45) is 0.787. The van der Waals surface area contributed by atoms with E-state index in [-0.39, 0.29) is 25.3 Å². The van der Waals surface area contributed by atoms with Crippen molar-refractivity contribution in [3.05, 3.63) is 94.5 Å². The number of primary amides is 1. The number of rotatable bonds is 10. The molecule has 39 heavy (non-hydrogen) atoms. The normalized spacial score (nSPS) is 14.5. The van der Waals surface area contributed by atoms with Crippen molar-refractivity contribution in [3.8, 4) is 5.75 Å². The van der Waals surface area contributed by atoms with Gasteiger partial charge in [0, 0.05) is 29.7 Å². The van der Waals surface area contributed by atoms with Gasteiger partial charge in [-0.05, 0) is 41.3 Å². The average Bonchev–Trinajstić information content (AvgIpc) is 3.28. The second-order valence-electron chi connectivity index (χ2n) is 9.58. The van der Waals surface area contributed by atoms with Crippen LogP contribution in [0.2, 0.25) is 0 Å². The Labute approximate surface area is 226 Å². The summed E-state index contributed by atoms with van der Waals surface area (Å²) < 4.78 is 10.8. The van der Waals surface area contributed by atoms with Crippen molar-refractivity contribution in [3.63, 3.8) is 0 Å². The van der Waals surface area contributed by atoms with Crippen LogP contribution in [-0.2, 0) is 40.4 Å². The third kappa shape index (κ3) is 5.77. The van der Waals surface area contributed by atoms with Gasteiger partial charge in [0.15, 0.2) is 0 Å². The fourth-order valence-corrected chi connectivity index (χ4v) is 4.88. The maximum atomic E-state index is 13.1. The zero-order valence-corrected chi connectivity index (χ0v) is 21.7. The molecule has 0 saturated heterocycles. The predicted molar refractivity (Wildman–Crippen MR) is 146 cm³/mol. The summed E-state index contributed by atoms with van der Waals surface area (Å²) in [6.45, 7) is 1.17.